The number of hydrogen-bond donors (Lipinski definition) is 0. The maximum absolute atomic E-state index is 11.4. The highest BCUT2D eigenvalue weighted by molar-refractivity contribution is 6.29. The van der Waals surface area contributed by atoms with Crippen molar-refractivity contribution in [3.05, 3.63) is 29.0 Å². The Morgan fingerprint density at radius 3 is 2.86 bits per heavy atom. The normalized spacial score (nSPS) is 16.1. The lowest BCUT2D eigenvalue weighted by Crippen LogP contribution is -2.37. The Morgan fingerprint density at radius 2 is 2.36 bits per heavy atom. The Balaban J connectivity index is 1.99. The van der Waals surface area contributed by atoms with Crippen LogP contribution >= 0.6 is 11.6 Å². The van der Waals surface area contributed by atoms with Crippen molar-refractivity contribution < 1.29 is 14.3 Å². The molecule has 5 heteroatoms. The van der Waals surface area contributed by atoms with E-state index in [0.29, 0.717) is 23.9 Å². The minimum atomic E-state index is -0.387. The number of hydrogen-bond acceptors (Lipinski definition) is 4. The Morgan fingerprint density at radius 1 is 1.57 bits per heavy atom. The predicted octanol–water partition coefficient (Wildman–Crippen LogP) is 1.29. The summed E-state index contributed by atoms with van der Waals surface area (Å²) in [6.07, 6.45) is 1.28. The lowest BCUT2D eigenvalue weighted by Gasteiger charge is -2.25. The summed E-state index contributed by atoms with van der Waals surface area (Å²) in [5.41, 5.74) is 0.404. The molecule has 1 aromatic heterocycles. The van der Waals surface area contributed by atoms with E-state index in [0.717, 1.165) is 0 Å². The van der Waals surface area contributed by atoms with Gasteiger partial charge in [-0.3, -0.25) is 0 Å². The van der Waals surface area contributed by atoms with Crippen LogP contribution in [0.15, 0.2) is 18.3 Å². The number of aromatic nitrogens is 1. The third kappa shape index (κ3) is 2.02. The summed E-state index contributed by atoms with van der Waals surface area (Å²) in [7, 11) is 0. The molecule has 0 atom stereocenters. The Bertz CT molecular complexity index is 334. The molecule has 2 rings (SSSR count). The fourth-order valence-electron chi connectivity index (χ4n) is 0.998. The molecule has 1 aliphatic rings. The first-order chi connectivity index (χ1) is 6.75. The van der Waals surface area contributed by atoms with Crippen LogP contribution in [0.2, 0.25) is 5.15 Å². The van der Waals surface area contributed by atoms with Gasteiger partial charge in [0.15, 0.2) is 0 Å². The summed E-state index contributed by atoms with van der Waals surface area (Å²) < 4.78 is 9.94. The van der Waals surface area contributed by atoms with Gasteiger partial charge in [-0.1, -0.05) is 11.6 Å². The molecule has 1 aromatic rings. The second-order valence-corrected chi connectivity index (χ2v) is 3.32. The van der Waals surface area contributed by atoms with Gasteiger partial charge in [-0.15, -0.1) is 0 Å². The van der Waals surface area contributed by atoms with Gasteiger partial charge in [-0.05, 0) is 12.1 Å². The van der Waals surface area contributed by atoms with Crippen LogP contribution in [0.25, 0.3) is 0 Å². The molecule has 0 radical (unpaired) electrons. The summed E-state index contributed by atoms with van der Waals surface area (Å²) in [4.78, 5) is 15.2. The number of carbonyl (C=O) groups is 1. The van der Waals surface area contributed by atoms with Gasteiger partial charge in [0.1, 0.15) is 11.3 Å². The molecular formula is C9H8ClNO3. The summed E-state index contributed by atoms with van der Waals surface area (Å²) in [5.74, 6) is -0.387. The lowest BCUT2D eigenvalue weighted by atomic mass is 10.3. The van der Waals surface area contributed by atoms with Gasteiger partial charge in [-0.2, -0.15) is 0 Å². The minimum Gasteiger partial charge on any atom is -0.454 e. The molecule has 0 saturated carbocycles. The molecule has 0 aliphatic carbocycles. The largest absolute Gasteiger partial charge is 0.454 e. The van der Waals surface area contributed by atoms with Gasteiger partial charge in [0, 0.05) is 6.20 Å². The van der Waals surface area contributed by atoms with Gasteiger partial charge in [0.05, 0.1) is 18.8 Å². The van der Waals surface area contributed by atoms with Crippen LogP contribution in [0.5, 0.6) is 0 Å². The van der Waals surface area contributed by atoms with Crippen molar-refractivity contribution in [3.8, 4) is 0 Å². The van der Waals surface area contributed by atoms with Crippen LogP contribution in [0.4, 0.5) is 0 Å². The maximum Gasteiger partial charge on any atom is 0.340 e. The summed E-state index contributed by atoms with van der Waals surface area (Å²) >= 11 is 5.58. The molecule has 0 spiro atoms. The topological polar surface area (TPSA) is 48.4 Å². The van der Waals surface area contributed by atoms with Gasteiger partial charge < -0.3 is 9.47 Å². The number of halogens is 1. The highest BCUT2D eigenvalue weighted by Crippen LogP contribution is 2.11. The smallest absolute Gasteiger partial charge is 0.340 e. The van der Waals surface area contributed by atoms with Crippen molar-refractivity contribution >= 4 is 17.6 Å². The zero-order chi connectivity index (χ0) is 9.97. The minimum absolute atomic E-state index is 0.113. The monoisotopic (exact) mass is 213 g/mol. The number of ether oxygens (including phenoxy) is 2. The van der Waals surface area contributed by atoms with E-state index in [-0.39, 0.29) is 12.1 Å². The molecule has 0 amide bonds. The van der Waals surface area contributed by atoms with E-state index in [4.69, 9.17) is 21.1 Å². The number of esters is 1. The van der Waals surface area contributed by atoms with Gasteiger partial charge in [0.2, 0.25) is 0 Å². The maximum atomic E-state index is 11.4. The first kappa shape index (κ1) is 9.43. The van der Waals surface area contributed by atoms with E-state index in [1.165, 1.54) is 6.20 Å². The highest BCUT2D eigenvalue weighted by atomic mass is 35.5. The number of pyridine rings is 1. The predicted molar refractivity (Wildman–Crippen MR) is 49.3 cm³/mol. The zero-order valence-corrected chi connectivity index (χ0v) is 8.03. The zero-order valence-electron chi connectivity index (χ0n) is 7.27. The van der Waals surface area contributed by atoms with Crippen molar-refractivity contribution in [2.75, 3.05) is 13.2 Å². The van der Waals surface area contributed by atoms with Crippen LogP contribution in [0.1, 0.15) is 10.4 Å². The van der Waals surface area contributed by atoms with E-state index >= 15 is 0 Å². The summed E-state index contributed by atoms with van der Waals surface area (Å²) in [6.45, 7) is 0.958. The van der Waals surface area contributed by atoms with Crippen molar-refractivity contribution in [1.82, 2.24) is 4.98 Å². The third-order valence-electron chi connectivity index (χ3n) is 1.84. The van der Waals surface area contributed by atoms with Crippen LogP contribution in [-0.4, -0.2) is 30.3 Å². The van der Waals surface area contributed by atoms with Crippen LogP contribution in [-0.2, 0) is 9.47 Å². The van der Waals surface area contributed by atoms with E-state index in [2.05, 4.69) is 4.98 Å². The molecule has 4 nitrogen and oxygen atoms in total. The lowest BCUT2D eigenvalue weighted by molar-refractivity contribution is -0.103. The van der Waals surface area contributed by atoms with E-state index < -0.39 is 0 Å². The fourth-order valence-corrected chi connectivity index (χ4v) is 1.11. The molecule has 1 saturated heterocycles. The quantitative estimate of drug-likeness (QED) is 0.549. The molecule has 1 aliphatic heterocycles. The molecule has 0 bridgehead atoms. The number of carbonyl (C=O) groups excluding carboxylic acids is 1. The highest BCUT2D eigenvalue weighted by Gasteiger charge is 2.23. The second-order valence-electron chi connectivity index (χ2n) is 2.93. The summed E-state index contributed by atoms with van der Waals surface area (Å²) in [6, 6.07) is 3.13. The molecule has 74 valence electrons. The SMILES string of the molecule is O=C(OC1COC1)c1ccc(Cl)nc1. The van der Waals surface area contributed by atoms with Gasteiger partial charge in [0.25, 0.3) is 0 Å². The molecular weight excluding hydrogens is 206 g/mol. The standard InChI is InChI=1S/C9H8ClNO3/c10-8-2-1-6(3-11-8)9(12)14-7-4-13-5-7/h1-3,7H,4-5H2. The van der Waals surface area contributed by atoms with E-state index in [1.54, 1.807) is 12.1 Å². The van der Waals surface area contributed by atoms with E-state index in [1.807, 2.05) is 0 Å². The second kappa shape index (κ2) is 3.94. The Kier molecular flexibility index (Phi) is 2.65. The Hall–Kier alpha value is -1.13. The molecule has 0 unspecified atom stereocenters. The Labute approximate surface area is 85.8 Å². The number of nitrogens with zero attached hydrogens (tertiary/aromatic N) is 1. The molecule has 2 heterocycles. The fraction of sp³-hybridized carbons (Fsp3) is 0.333. The molecule has 0 aromatic carbocycles. The van der Waals surface area contributed by atoms with Crippen molar-refractivity contribution in [3.63, 3.8) is 0 Å². The number of rotatable bonds is 2. The average Bonchev–Trinajstić information content (AvgIpc) is 2.12. The molecule has 14 heavy (non-hydrogen) atoms. The summed E-state index contributed by atoms with van der Waals surface area (Å²) in [5, 5.41) is 0.355. The van der Waals surface area contributed by atoms with Crippen molar-refractivity contribution in [1.29, 1.82) is 0 Å². The molecule has 0 N–H and O–H groups in total. The van der Waals surface area contributed by atoms with Crippen molar-refractivity contribution in [2.45, 2.75) is 6.10 Å². The van der Waals surface area contributed by atoms with Crippen LogP contribution < -0.4 is 0 Å². The molecule has 1 fully saturated rings. The average molecular weight is 214 g/mol. The first-order valence-electron chi connectivity index (χ1n) is 4.16. The van der Waals surface area contributed by atoms with E-state index in [9.17, 15) is 4.79 Å². The van der Waals surface area contributed by atoms with Gasteiger partial charge >= 0.3 is 5.97 Å². The van der Waals surface area contributed by atoms with Crippen molar-refractivity contribution in [2.24, 2.45) is 0 Å². The first-order valence-corrected chi connectivity index (χ1v) is 4.54. The van der Waals surface area contributed by atoms with Crippen LogP contribution in [0.3, 0.4) is 0 Å². The third-order valence-corrected chi connectivity index (χ3v) is 2.07. The van der Waals surface area contributed by atoms with Crippen LogP contribution in [0, 0.1) is 0 Å². The van der Waals surface area contributed by atoms with Gasteiger partial charge in [-0.25, -0.2) is 9.78 Å².